The van der Waals surface area contributed by atoms with Gasteiger partial charge in [-0.2, -0.15) is 0 Å². The fourth-order valence-electron chi connectivity index (χ4n) is 4.04. The summed E-state index contributed by atoms with van der Waals surface area (Å²) in [4.78, 5) is 38.0. The minimum atomic E-state index is -0.737. The van der Waals surface area contributed by atoms with Gasteiger partial charge in [-0.3, -0.25) is 9.59 Å². The molecule has 0 N–H and O–H groups in total. The molecule has 6 heteroatoms. The van der Waals surface area contributed by atoms with E-state index in [0.29, 0.717) is 12.7 Å². The van der Waals surface area contributed by atoms with Gasteiger partial charge in [0.05, 0.1) is 16.5 Å². The van der Waals surface area contributed by atoms with Crippen LogP contribution in [0, 0.1) is 0 Å². The van der Waals surface area contributed by atoms with E-state index in [-0.39, 0.29) is 11.3 Å². The summed E-state index contributed by atoms with van der Waals surface area (Å²) in [5.74, 6) is -0.483. The molecule has 2 fully saturated rings. The van der Waals surface area contributed by atoms with Crippen LogP contribution in [0.25, 0.3) is 0 Å². The maximum atomic E-state index is 13.5. The third-order valence-electron chi connectivity index (χ3n) is 5.55. The maximum Gasteiger partial charge on any atom is 0.331 e. The Morgan fingerprint density at radius 2 is 1.68 bits per heavy atom. The lowest BCUT2D eigenvalue weighted by atomic mass is 9.95. The van der Waals surface area contributed by atoms with E-state index >= 15 is 0 Å². The molecule has 0 aliphatic carbocycles. The average Bonchev–Trinajstić information content (AvgIpc) is 3.03. The number of aldehydes is 1. The number of amides is 1. The molecule has 2 saturated heterocycles. The van der Waals surface area contributed by atoms with Crippen molar-refractivity contribution >= 4 is 29.9 Å². The van der Waals surface area contributed by atoms with Gasteiger partial charge < -0.3 is 9.64 Å². The molecule has 0 unspecified atom stereocenters. The van der Waals surface area contributed by atoms with Crippen molar-refractivity contribution in [1.82, 2.24) is 4.90 Å². The summed E-state index contributed by atoms with van der Waals surface area (Å²) in [5, 5.41) is -0.0401. The van der Waals surface area contributed by atoms with Gasteiger partial charge in [0.1, 0.15) is 12.3 Å². The highest BCUT2D eigenvalue weighted by Crippen LogP contribution is 2.52. The second-order valence-electron chi connectivity index (χ2n) is 7.68. The van der Waals surface area contributed by atoms with Gasteiger partial charge in [-0.25, -0.2) is 4.79 Å². The van der Waals surface area contributed by atoms with E-state index in [4.69, 9.17) is 4.74 Å². The largest absolute Gasteiger partial charge is 0.451 e. The molecule has 4 rings (SSSR count). The number of rotatable bonds is 7. The van der Waals surface area contributed by atoms with Crippen LogP contribution in [-0.4, -0.2) is 39.2 Å². The molecule has 0 bridgehead atoms. The Bertz CT molecular complexity index is 981. The number of allylic oxidation sites excluding steroid dienone is 3. The monoisotopic (exact) mass is 433 g/mol. The van der Waals surface area contributed by atoms with Crippen LogP contribution in [0.4, 0.5) is 0 Å². The number of β-lactam (4-membered cyclic amide) rings is 1. The molecule has 158 valence electrons. The Morgan fingerprint density at radius 3 is 2.23 bits per heavy atom. The molecule has 0 saturated carbocycles. The Labute approximate surface area is 185 Å². The summed E-state index contributed by atoms with van der Waals surface area (Å²) in [7, 11) is 0. The van der Waals surface area contributed by atoms with Crippen LogP contribution in [-0.2, 0) is 19.1 Å². The second-order valence-corrected chi connectivity index (χ2v) is 9.34. The fraction of sp³-hybridized carbons (Fsp3) is 0.240. The summed E-state index contributed by atoms with van der Waals surface area (Å²) < 4.78 is 5.42. The number of fused-ring (bicyclic) bond motifs is 1. The number of benzene rings is 2. The predicted octanol–water partition coefficient (Wildman–Crippen LogP) is 4.06. The summed E-state index contributed by atoms with van der Waals surface area (Å²) >= 11 is 1.57. The first-order valence-electron chi connectivity index (χ1n) is 10.1. The van der Waals surface area contributed by atoms with E-state index in [2.05, 4.69) is 0 Å². The van der Waals surface area contributed by atoms with Crippen molar-refractivity contribution in [2.75, 3.05) is 0 Å². The van der Waals surface area contributed by atoms with Crippen LogP contribution in [0.5, 0.6) is 0 Å². The van der Waals surface area contributed by atoms with Crippen molar-refractivity contribution in [1.29, 1.82) is 0 Å². The second kappa shape index (κ2) is 8.94. The van der Waals surface area contributed by atoms with Crippen LogP contribution in [0.3, 0.4) is 0 Å². The Kier molecular flexibility index (Phi) is 6.09. The first kappa shape index (κ1) is 21.1. The number of carbonyl (C=O) groups excluding carboxylic acids is 3. The molecular formula is C25H23NO4S. The van der Waals surface area contributed by atoms with Gasteiger partial charge in [0, 0.05) is 0 Å². The zero-order valence-electron chi connectivity index (χ0n) is 17.1. The molecule has 31 heavy (non-hydrogen) atoms. The molecule has 0 radical (unpaired) electrons. The van der Waals surface area contributed by atoms with Crippen molar-refractivity contribution in [3.63, 3.8) is 0 Å². The fourth-order valence-corrected chi connectivity index (χ4v) is 5.70. The van der Waals surface area contributed by atoms with E-state index in [1.54, 1.807) is 28.8 Å². The third kappa shape index (κ3) is 4.21. The van der Waals surface area contributed by atoms with Crippen LogP contribution < -0.4 is 0 Å². The molecule has 5 nitrogen and oxygen atoms in total. The first-order valence-corrected chi connectivity index (χ1v) is 11.0. The zero-order chi connectivity index (χ0) is 21.8. The molecule has 1 amide bonds. The minimum Gasteiger partial charge on any atom is -0.451 e. The highest BCUT2D eigenvalue weighted by atomic mass is 32.2. The van der Waals surface area contributed by atoms with Crippen molar-refractivity contribution in [2.45, 2.75) is 35.6 Å². The standard InChI is InChI=1S/C25H23NO4S/c1-25(15-9-4-10-16-27)23(26-20(28)17-21(26)31-25)24(29)30-22(18-11-5-2-6-12-18)19-13-7-3-8-14-19/h2-16,21-23H,17H2,1H3/t21-,23+,25+/m1/s1. The normalized spacial score (nSPS) is 25.1. The van der Waals surface area contributed by atoms with Gasteiger partial charge in [-0.05, 0) is 24.1 Å². The SMILES string of the molecule is C[C@@]1(C=CC=CC=O)S[C@@H]2CC(=O)N2[C@H]1C(=O)OC(c1ccccc1)c1ccccc1. The third-order valence-corrected chi connectivity index (χ3v) is 7.08. The Morgan fingerprint density at radius 1 is 1.06 bits per heavy atom. The van der Waals surface area contributed by atoms with E-state index < -0.39 is 22.9 Å². The number of ether oxygens (including phenoxy) is 1. The van der Waals surface area contributed by atoms with E-state index in [1.807, 2.05) is 73.7 Å². The van der Waals surface area contributed by atoms with Gasteiger partial charge in [0.15, 0.2) is 6.10 Å². The van der Waals surface area contributed by atoms with Gasteiger partial charge in [0.25, 0.3) is 0 Å². The lowest BCUT2D eigenvalue weighted by Gasteiger charge is -2.38. The van der Waals surface area contributed by atoms with Crippen molar-refractivity contribution in [3.05, 3.63) is 96.1 Å². The van der Waals surface area contributed by atoms with Crippen molar-refractivity contribution in [3.8, 4) is 0 Å². The number of carbonyl (C=O) groups is 3. The zero-order valence-corrected chi connectivity index (χ0v) is 17.9. The first-order chi connectivity index (χ1) is 15.0. The van der Waals surface area contributed by atoms with Gasteiger partial charge >= 0.3 is 5.97 Å². The highest BCUT2D eigenvalue weighted by Gasteiger charge is 2.60. The lowest BCUT2D eigenvalue weighted by molar-refractivity contribution is -0.163. The van der Waals surface area contributed by atoms with E-state index in [9.17, 15) is 14.4 Å². The summed E-state index contributed by atoms with van der Waals surface area (Å²) in [6.07, 6.45) is 7.16. The molecule has 2 heterocycles. The van der Waals surface area contributed by atoms with Gasteiger partial charge in [-0.1, -0.05) is 78.9 Å². The molecule has 3 atom stereocenters. The molecule has 2 aliphatic rings. The lowest BCUT2D eigenvalue weighted by Crippen LogP contribution is -2.57. The van der Waals surface area contributed by atoms with Crippen LogP contribution in [0.15, 0.2) is 85.0 Å². The van der Waals surface area contributed by atoms with Crippen LogP contribution in [0.1, 0.15) is 30.6 Å². The minimum absolute atomic E-state index is 0.0401. The predicted molar refractivity (Wildman–Crippen MR) is 120 cm³/mol. The number of esters is 1. The number of nitrogens with zero attached hydrogens (tertiary/aromatic N) is 1. The molecule has 0 spiro atoms. The summed E-state index contributed by atoms with van der Waals surface area (Å²) in [6, 6.07) is 18.4. The van der Waals surface area contributed by atoms with E-state index in [1.165, 1.54) is 6.08 Å². The number of hydrogen-bond donors (Lipinski definition) is 0. The average molecular weight is 434 g/mol. The molecule has 2 aromatic carbocycles. The molecular weight excluding hydrogens is 410 g/mol. The van der Waals surface area contributed by atoms with Crippen molar-refractivity contribution < 1.29 is 19.1 Å². The molecule has 2 aromatic rings. The Balaban J connectivity index is 1.65. The molecule has 2 aliphatic heterocycles. The van der Waals surface area contributed by atoms with E-state index in [0.717, 1.165) is 11.1 Å². The number of hydrogen-bond acceptors (Lipinski definition) is 5. The van der Waals surface area contributed by atoms with Gasteiger partial charge in [0.2, 0.25) is 5.91 Å². The van der Waals surface area contributed by atoms with Crippen LogP contribution in [0.2, 0.25) is 0 Å². The summed E-state index contributed by atoms with van der Waals surface area (Å²) in [5.41, 5.74) is 1.73. The number of thioether (sulfide) groups is 1. The highest BCUT2D eigenvalue weighted by molar-refractivity contribution is 8.01. The quantitative estimate of drug-likeness (QED) is 0.217. The molecule has 0 aromatic heterocycles. The van der Waals surface area contributed by atoms with Crippen LogP contribution >= 0.6 is 11.8 Å². The van der Waals surface area contributed by atoms with Crippen molar-refractivity contribution in [2.24, 2.45) is 0 Å². The smallest absolute Gasteiger partial charge is 0.331 e. The van der Waals surface area contributed by atoms with Gasteiger partial charge in [-0.15, -0.1) is 11.8 Å². The maximum absolute atomic E-state index is 13.5. The topological polar surface area (TPSA) is 63.7 Å². The summed E-state index contributed by atoms with van der Waals surface area (Å²) in [6.45, 7) is 1.93. The Hall–Kier alpha value is -3.12.